The lowest BCUT2D eigenvalue weighted by Crippen LogP contribution is -2.22. The lowest BCUT2D eigenvalue weighted by Gasteiger charge is -2.20. The third-order valence-electron chi connectivity index (χ3n) is 3.01. The Morgan fingerprint density at radius 1 is 1.19 bits per heavy atom. The van der Waals surface area contributed by atoms with Crippen LogP contribution in [0.2, 0.25) is 5.02 Å². The van der Waals surface area contributed by atoms with Crippen LogP contribution in [0.3, 0.4) is 0 Å². The van der Waals surface area contributed by atoms with Crippen LogP contribution in [0.15, 0.2) is 41.1 Å². The number of benzene rings is 1. The molecule has 21 heavy (non-hydrogen) atoms. The number of ether oxygens (including phenoxy) is 1. The van der Waals surface area contributed by atoms with Crippen molar-refractivity contribution >= 4 is 27.5 Å². The predicted molar refractivity (Wildman–Crippen MR) is 90.1 cm³/mol. The van der Waals surface area contributed by atoms with E-state index < -0.39 is 0 Å². The number of rotatable bonds is 6. The fourth-order valence-electron chi connectivity index (χ4n) is 2.21. The molecular formula is C16H18BrClN2O. The molecule has 0 saturated carbocycles. The molecule has 2 aromatic rings. The van der Waals surface area contributed by atoms with Gasteiger partial charge in [0.05, 0.1) is 18.8 Å². The van der Waals surface area contributed by atoms with Crippen molar-refractivity contribution in [3.63, 3.8) is 0 Å². The summed E-state index contributed by atoms with van der Waals surface area (Å²) >= 11 is 9.66. The van der Waals surface area contributed by atoms with Crippen LogP contribution in [0.25, 0.3) is 0 Å². The van der Waals surface area contributed by atoms with E-state index >= 15 is 0 Å². The molecule has 0 aliphatic carbocycles. The quantitative estimate of drug-likeness (QED) is 0.808. The molecule has 1 N–H and O–H groups in total. The van der Waals surface area contributed by atoms with E-state index in [1.165, 1.54) is 0 Å². The topological polar surface area (TPSA) is 34.2 Å². The van der Waals surface area contributed by atoms with Gasteiger partial charge in [-0.1, -0.05) is 34.5 Å². The molecular weight excluding hydrogens is 352 g/mol. The second-order valence-electron chi connectivity index (χ2n) is 4.58. The molecule has 0 saturated heterocycles. The van der Waals surface area contributed by atoms with E-state index in [2.05, 4.69) is 39.2 Å². The molecule has 112 valence electrons. The molecule has 0 fully saturated rings. The van der Waals surface area contributed by atoms with Crippen molar-refractivity contribution in [1.82, 2.24) is 10.3 Å². The van der Waals surface area contributed by atoms with Gasteiger partial charge in [0.25, 0.3) is 0 Å². The lowest BCUT2D eigenvalue weighted by atomic mass is 10.00. The zero-order chi connectivity index (χ0) is 15.2. The molecule has 0 spiro atoms. The van der Waals surface area contributed by atoms with E-state index in [0.29, 0.717) is 11.6 Å². The van der Waals surface area contributed by atoms with Gasteiger partial charge in [-0.3, -0.25) is 4.98 Å². The van der Waals surface area contributed by atoms with Crippen LogP contribution < -0.4 is 10.1 Å². The summed E-state index contributed by atoms with van der Waals surface area (Å²) in [5.74, 6) is 0.777. The standard InChI is InChI=1S/C16H18BrClN2O/c1-3-20-16(11-5-13(17)8-14(18)6-11)12-7-15(21-4-2)10-19-9-12/h5-10,16,20H,3-4H2,1-2H3. The van der Waals surface area contributed by atoms with E-state index in [-0.39, 0.29) is 6.04 Å². The summed E-state index contributed by atoms with van der Waals surface area (Å²) in [6.07, 6.45) is 3.58. The van der Waals surface area contributed by atoms with Gasteiger partial charge in [0.15, 0.2) is 0 Å². The van der Waals surface area contributed by atoms with E-state index in [1.807, 2.05) is 31.3 Å². The Bertz CT molecular complexity index is 586. The van der Waals surface area contributed by atoms with Gasteiger partial charge in [0.2, 0.25) is 0 Å². The van der Waals surface area contributed by atoms with E-state index in [9.17, 15) is 0 Å². The average molecular weight is 370 g/mol. The van der Waals surface area contributed by atoms with Gasteiger partial charge in [0.1, 0.15) is 5.75 Å². The highest BCUT2D eigenvalue weighted by molar-refractivity contribution is 9.10. The van der Waals surface area contributed by atoms with Crippen molar-refractivity contribution in [2.45, 2.75) is 19.9 Å². The minimum atomic E-state index is 0.0258. The van der Waals surface area contributed by atoms with E-state index in [4.69, 9.17) is 16.3 Å². The molecule has 2 rings (SSSR count). The molecule has 1 unspecified atom stereocenters. The molecule has 1 aromatic carbocycles. The fraction of sp³-hybridized carbons (Fsp3) is 0.312. The molecule has 0 bridgehead atoms. The van der Waals surface area contributed by atoms with Crippen LogP contribution in [0.4, 0.5) is 0 Å². The maximum atomic E-state index is 6.16. The number of hydrogen-bond acceptors (Lipinski definition) is 3. The Morgan fingerprint density at radius 3 is 2.67 bits per heavy atom. The van der Waals surface area contributed by atoms with Crippen LogP contribution in [-0.4, -0.2) is 18.1 Å². The van der Waals surface area contributed by atoms with Crippen LogP contribution in [-0.2, 0) is 0 Å². The first kappa shape index (κ1) is 16.3. The van der Waals surface area contributed by atoms with Gasteiger partial charge in [-0.25, -0.2) is 0 Å². The summed E-state index contributed by atoms with van der Waals surface area (Å²) < 4.78 is 6.49. The van der Waals surface area contributed by atoms with Crippen LogP contribution in [0.5, 0.6) is 5.75 Å². The van der Waals surface area contributed by atoms with Crippen LogP contribution in [0, 0.1) is 0 Å². The first-order chi connectivity index (χ1) is 10.1. The number of nitrogens with zero attached hydrogens (tertiary/aromatic N) is 1. The Morgan fingerprint density at radius 2 is 2.00 bits per heavy atom. The second kappa shape index (κ2) is 7.78. The van der Waals surface area contributed by atoms with Gasteiger partial charge in [-0.05, 0) is 48.9 Å². The first-order valence-electron chi connectivity index (χ1n) is 6.91. The molecule has 5 heteroatoms. The third-order valence-corrected chi connectivity index (χ3v) is 3.68. The van der Waals surface area contributed by atoms with Crippen molar-refractivity contribution in [3.8, 4) is 5.75 Å². The normalized spacial score (nSPS) is 12.2. The summed E-state index contributed by atoms with van der Waals surface area (Å²) in [5.41, 5.74) is 2.14. The molecule has 0 aliphatic heterocycles. The highest BCUT2D eigenvalue weighted by atomic mass is 79.9. The van der Waals surface area contributed by atoms with Crippen molar-refractivity contribution in [2.24, 2.45) is 0 Å². The predicted octanol–water partition coefficient (Wildman–Crippen LogP) is 4.60. The Hall–Kier alpha value is -1.10. The Kier molecular flexibility index (Phi) is 6.03. The van der Waals surface area contributed by atoms with Gasteiger partial charge < -0.3 is 10.1 Å². The van der Waals surface area contributed by atoms with Gasteiger partial charge in [0, 0.05) is 15.7 Å². The van der Waals surface area contributed by atoms with Gasteiger partial charge in [-0.15, -0.1) is 0 Å². The Labute approximate surface area is 138 Å². The molecule has 3 nitrogen and oxygen atoms in total. The summed E-state index contributed by atoms with van der Waals surface area (Å²) in [4.78, 5) is 4.27. The molecule has 0 radical (unpaired) electrons. The molecule has 0 amide bonds. The molecule has 1 heterocycles. The van der Waals surface area contributed by atoms with Crippen molar-refractivity contribution in [3.05, 3.63) is 57.3 Å². The first-order valence-corrected chi connectivity index (χ1v) is 8.08. The zero-order valence-electron chi connectivity index (χ0n) is 12.1. The highest BCUT2D eigenvalue weighted by Crippen LogP contribution is 2.29. The van der Waals surface area contributed by atoms with E-state index in [0.717, 1.165) is 27.9 Å². The number of halogens is 2. The van der Waals surface area contributed by atoms with Crippen LogP contribution in [0.1, 0.15) is 31.0 Å². The third kappa shape index (κ3) is 4.43. The summed E-state index contributed by atoms with van der Waals surface area (Å²) in [6.45, 7) is 5.50. The lowest BCUT2D eigenvalue weighted by molar-refractivity contribution is 0.338. The van der Waals surface area contributed by atoms with E-state index in [1.54, 1.807) is 6.20 Å². The second-order valence-corrected chi connectivity index (χ2v) is 5.93. The smallest absolute Gasteiger partial charge is 0.137 e. The van der Waals surface area contributed by atoms with Crippen molar-refractivity contribution in [2.75, 3.05) is 13.2 Å². The summed E-state index contributed by atoms with van der Waals surface area (Å²) in [6, 6.07) is 7.94. The summed E-state index contributed by atoms with van der Waals surface area (Å²) in [7, 11) is 0. The number of pyridine rings is 1. The SMILES string of the molecule is CCNC(c1cc(Cl)cc(Br)c1)c1cncc(OCC)c1. The maximum absolute atomic E-state index is 6.16. The van der Waals surface area contributed by atoms with Crippen molar-refractivity contribution < 1.29 is 4.74 Å². The fourth-order valence-corrected chi connectivity index (χ4v) is 3.10. The number of aromatic nitrogens is 1. The van der Waals surface area contributed by atoms with Gasteiger partial charge >= 0.3 is 0 Å². The molecule has 1 aromatic heterocycles. The average Bonchev–Trinajstić information content (AvgIpc) is 2.44. The largest absolute Gasteiger partial charge is 0.492 e. The monoisotopic (exact) mass is 368 g/mol. The zero-order valence-corrected chi connectivity index (χ0v) is 14.4. The number of hydrogen-bond donors (Lipinski definition) is 1. The minimum absolute atomic E-state index is 0.0258. The molecule has 1 atom stereocenters. The molecule has 0 aliphatic rings. The van der Waals surface area contributed by atoms with Crippen molar-refractivity contribution in [1.29, 1.82) is 0 Å². The van der Waals surface area contributed by atoms with Gasteiger partial charge in [-0.2, -0.15) is 0 Å². The number of nitrogens with one attached hydrogen (secondary N) is 1. The van der Waals surface area contributed by atoms with Crippen LogP contribution >= 0.6 is 27.5 Å². The minimum Gasteiger partial charge on any atom is -0.492 e. The summed E-state index contributed by atoms with van der Waals surface area (Å²) in [5, 5.41) is 4.17. The Balaban J connectivity index is 2.40. The highest BCUT2D eigenvalue weighted by Gasteiger charge is 2.15. The maximum Gasteiger partial charge on any atom is 0.137 e.